The summed E-state index contributed by atoms with van der Waals surface area (Å²) in [6, 6.07) is 7.29. The van der Waals surface area contributed by atoms with Crippen LogP contribution in [0.5, 0.6) is 0 Å². The van der Waals surface area contributed by atoms with Crippen molar-refractivity contribution >= 4 is 28.6 Å². The van der Waals surface area contributed by atoms with Crippen LogP contribution in [0.25, 0.3) is 22.6 Å². The van der Waals surface area contributed by atoms with Crippen LogP contribution in [0.15, 0.2) is 30.6 Å². The molecule has 6 heteroatoms. The predicted molar refractivity (Wildman–Crippen MR) is 66.5 cm³/mol. The molecule has 1 aromatic carbocycles. The quantitative estimate of drug-likeness (QED) is 0.689. The van der Waals surface area contributed by atoms with E-state index >= 15 is 0 Å². The Morgan fingerprint density at radius 1 is 1.24 bits per heavy atom. The number of hydrogen-bond donors (Lipinski definition) is 2. The second-order valence-corrected chi connectivity index (χ2v) is 3.98. The van der Waals surface area contributed by atoms with Gasteiger partial charge in [0.25, 0.3) is 0 Å². The number of aromatic nitrogens is 4. The highest BCUT2D eigenvalue weighted by Crippen LogP contribution is 2.22. The van der Waals surface area contributed by atoms with Gasteiger partial charge < -0.3 is 10.7 Å². The smallest absolute Gasteiger partial charge is 0.183 e. The maximum atomic E-state index is 5.92. The summed E-state index contributed by atoms with van der Waals surface area (Å²) in [5, 5.41) is 0.631. The van der Waals surface area contributed by atoms with Gasteiger partial charge in [0, 0.05) is 10.6 Å². The molecular weight excluding hydrogens is 238 g/mol. The first-order valence-corrected chi connectivity index (χ1v) is 5.34. The van der Waals surface area contributed by atoms with Crippen molar-refractivity contribution in [2.45, 2.75) is 0 Å². The van der Waals surface area contributed by atoms with E-state index in [2.05, 4.69) is 19.9 Å². The van der Waals surface area contributed by atoms with Crippen LogP contribution in [0, 0.1) is 0 Å². The molecule has 3 N–H and O–H groups in total. The van der Waals surface area contributed by atoms with Crippen LogP contribution in [0.3, 0.4) is 0 Å². The van der Waals surface area contributed by atoms with Gasteiger partial charge in [-0.05, 0) is 12.1 Å². The van der Waals surface area contributed by atoms with E-state index in [1.165, 1.54) is 6.33 Å². The lowest BCUT2D eigenvalue weighted by Crippen LogP contribution is -1.97. The molecule has 0 saturated heterocycles. The minimum Gasteiger partial charge on any atom is -0.382 e. The Morgan fingerprint density at radius 2 is 2.12 bits per heavy atom. The van der Waals surface area contributed by atoms with E-state index < -0.39 is 0 Å². The summed E-state index contributed by atoms with van der Waals surface area (Å²) < 4.78 is 0. The van der Waals surface area contributed by atoms with Crippen molar-refractivity contribution in [3.63, 3.8) is 0 Å². The first kappa shape index (κ1) is 10.0. The number of imidazole rings is 1. The monoisotopic (exact) mass is 245 g/mol. The molecule has 0 atom stereocenters. The molecule has 17 heavy (non-hydrogen) atoms. The highest BCUT2D eigenvalue weighted by atomic mass is 35.5. The Labute approximate surface area is 102 Å². The number of nitrogen functional groups attached to an aromatic ring is 1. The van der Waals surface area contributed by atoms with Crippen molar-refractivity contribution in [1.29, 1.82) is 0 Å². The van der Waals surface area contributed by atoms with Crippen LogP contribution in [0.1, 0.15) is 0 Å². The summed E-state index contributed by atoms with van der Waals surface area (Å²) in [4.78, 5) is 15.5. The average molecular weight is 246 g/mol. The average Bonchev–Trinajstić information content (AvgIpc) is 2.77. The van der Waals surface area contributed by atoms with Crippen LogP contribution in [-0.2, 0) is 0 Å². The summed E-state index contributed by atoms with van der Waals surface area (Å²) in [5.41, 5.74) is 7.83. The maximum Gasteiger partial charge on any atom is 0.183 e. The summed E-state index contributed by atoms with van der Waals surface area (Å²) in [6.45, 7) is 0. The Hall–Kier alpha value is -2.14. The molecule has 0 unspecified atom stereocenters. The maximum absolute atomic E-state index is 5.92. The lowest BCUT2D eigenvalue weighted by molar-refractivity contribution is 1.21. The minimum absolute atomic E-state index is 0.377. The third-order valence-corrected chi connectivity index (χ3v) is 2.63. The molecule has 0 saturated carbocycles. The molecular formula is C11H8ClN5. The first-order chi connectivity index (χ1) is 8.24. The number of nitrogens with one attached hydrogen (secondary N) is 1. The topological polar surface area (TPSA) is 80.5 Å². The van der Waals surface area contributed by atoms with E-state index in [1.807, 2.05) is 12.1 Å². The summed E-state index contributed by atoms with van der Waals surface area (Å²) >= 11 is 5.92. The van der Waals surface area contributed by atoms with E-state index in [0.717, 1.165) is 5.56 Å². The van der Waals surface area contributed by atoms with Crippen LogP contribution < -0.4 is 5.73 Å². The second-order valence-electron chi connectivity index (χ2n) is 3.54. The van der Waals surface area contributed by atoms with Crippen molar-refractivity contribution < 1.29 is 0 Å². The number of anilines is 1. The lowest BCUT2D eigenvalue weighted by Gasteiger charge is -2.02. The van der Waals surface area contributed by atoms with Gasteiger partial charge in [-0.15, -0.1) is 0 Å². The number of nitrogens with zero attached hydrogens (tertiary/aromatic N) is 3. The number of H-pyrrole nitrogens is 1. The van der Waals surface area contributed by atoms with Crippen LogP contribution in [0.2, 0.25) is 5.02 Å². The summed E-state index contributed by atoms with van der Waals surface area (Å²) in [5.74, 6) is 0.895. The lowest BCUT2D eigenvalue weighted by atomic mass is 10.2. The zero-order valence-corrected chi connectivity index (χ0v) is 9.44. The zero-order chi connectivity index (χ0) is 11.8. The van der Waals surface area contributed by atoms with Crippen LogP contribution in [0.4, 0.5) is 5.82 Å². The highest BCUT2D eigenvalue weighted by Gasteiger charge is 2.08. The van der Waals surface area contributed by atoms with E-state index in [1.54, 1.807) is 12.1 Å². The van der Waals surface area contributed by atoms with Gasteiger partial charge in [0.2, 0.25) is 0 Å². The van der Waals surface area contributed by atoms with Gasteiger partial charge in [-0.3, -0.25) is 0 Å². The van der Waals surface area contributed by atoms with Crippen molar-refractivity contribution in [2.75, 3.05) is 5.73 Å². The van der Waals surface area contributed by atoms with Gasteiger partial charge in [0.05, 0.1) is 6.33 Å². The molecule has 0 aliphatic rings. The van der Waals surface area contributed by atoms with Crippen molar-refractivity contribution in [1.82, 2.24) is 19.9 Å². The number of hydrogen-bond acceptors (Lipinski definition) is 4. The fourth-order valence-corrected chi connectivity index (χ4v) is 1.80. The minimum atomic E-state index is 0.377. The highest BCUT2D eigenvalue weighted by molar-refractivity contribution is 6.30. The summed E-state index contributed by atoms with van der Waals surface area (Å²) in [6.07, 6.45) is 1.54. The SMILES string of the molecule is Nc1nc(-c2cccc(Cl)c2)nc2nc[nH]c12. The molecule has 3 aromatic rings. The Balaban J connectivity index is 2.23. The second kappa shape index (κ2) is 3.71. The number of rotatable bonds is 1. The fraction of sp³-hybridized carbons (Fsp3) is 0. The molecule has 0 spiro atoms. The third-order valence-electron chi connectivity index (χ3n) is 2.40. The normalized spacial score (nSPS) is 10.9. The van der Waals surface area contributed by atoms with Gasteiger partial charge in [0.1, 0.15) is 5.52 Å². The van der Waals surface area contributed by atoms with Crippen molar-refractivity contribution in [2.24, 2.45) is 0 Å². The largest absolute Gasteiger partial charge is 0.382 e. The molecule has 3 rings (SSSR count). The van der Waals surface area contributed by atoms with Gasteiger partial charge >= 0.3 is 0 Å². The molecule has 0 aliphatic carbocycles. The van der Waals surface area contributed by atoms with Gasteiger partial charge in [-0.25, -0.2) is 15.0 Å². The molecule has 0 amide bonds. The number of nitrogens with two attached hydrogens (primary N) is 1. The van der Waals surface area contributed by atoms with Gasteiger partial charge in [-0.2, -0.15) is 0 Å². The number of fused-ring (bicyclic) bond motifs is 1. The fourth-order valence-electron chi connectivity index (χ4n) is 1.61. The van der Waals surface area contributed by atoms with Crippen molar-refractivity contribution in [3.8, 4) is 11.4 Å². The zero-order valence-electron chi connectivity index (χ0n) is 8.68. The number of halogens is 1. The van der Waals surface area contributed by atoms with Crippen LogP contribution >= 0.6 is 11.6 Å². The van der Waals surface area contributed by atoms with E-state index in [4.69, 9.17) is 17.3 Å². The number of benzene rings is 1. The van der Waals surface area contributed by atoms with E-state index in [9.17, 15) is 0 Å². The van der Waals surface area contributed by atoms with E-state index in [-0.39, 0.29) is 0 Å². The molecule has 0 bridgehead atoms. The third kappa shape index (κ3) is 1.70. The Bertz CT molecular complexity index is 691. The van der Waals surface area contributed by atoms with Crippen LogP contribution in [-0.4, -0.2) is 19.9 Å². The molecule has 5 nitrogen and oxygen atoms in total. The standard InChI is InChI=1S/C11H8ClN5/c12-7-3-1-2-6(4-7)10-16-9(13)8-11(17-10)15-5-14-8/h1-5H,(H3,13,14,15,16,17). The molecule has 2 heterocycles. The molecule has 84 valence electrons. The molecule has 2 aromatic heterocycles. The predicted octanol–water partition coefficient (Wildman–Crippen LogP) is 2.26. The molecule has 0 fully saturated rings. The Morgan fingerprint density at radius 3 is 2.94 bits per heavy atom. The summed E-state index contributed by atoms with van der Waals surface area (Å²) in [7, 11) is 0. The molecule has 0 radical (unpaired) electrons. The van der Waals surface area contributed by atoms with Crippen molar-refractivity contribution in [3.05, 3.63) is 35.6 Å². The first-order valence-electron chi connectivity index (χ1n) is 4.96. The molecule has 0 aliphatic heterocycles. The van der Waals surface area contributed by atoms with Gasteiger partial charge in [-0.1, -0.05) is 23.7 Å². The van der Waals surface area contributed by atoms with Gasteiger partial charge in [0.15, 0.2) is 17.3 Å². The Kier molecular flexibility index (Phi) is 2.19. The number of aromatic amines is 1. The van der Waals surface area contributed by atoms with E-state index in [0.29, 0.717) is 27.8 Å².